The maximum absolute atomic E-state index is 2.16. The first-order chi connectivity index (χ1) is 3.66. The monoisotopic (exact) mass is 113 g/mol. The summed E-state index contributed by atoms with van der Waals surface area (Å²) in [6, 6.07) is 0. The Hall–Kier alpha value is -0.460. The Morgan fingerprint density at radius 3 is 2.12 bits per heavy atom. The van der Waals surface area contributed by atoms with Crippen molar-refractivity contribution in [2.24, 2.45) is 0 Å². The third-order valence-corrected chi connectivity index (χ3v) is 1.04. The molecule has 0 spiro atoms. The zero-order valence-electron chi connectivity index (χ0n) is 6.23. The van der Waals surface area contributed by atoms with Gasteiger partial charge in [0.25, 0.3) is 0 Å². The lowest BCUT2D eigenvalue weighted by Gasteiger charge is -2.05. The SMILES string of the molecule is CC/C(C)=C/N(C)C. The van der Waals surface area contributed by atoms with Crippen LogP contribution in [0.15, 0.2) is 11.8 Å². The van der Waals surface area contributed by atoms with E-state index in [4.69, 9.17) is 0 Å². The molecule has 0 heterocycles. The second-order valence-electron chi connectivity index (χ2n) is 2.29. The Morgan fingerprint density at radius 2 is 2.00 bits per heavy atom. The normalized spacial score (nSPS) is 11.8. The summed E-state index contributed by atoms with van der Waals surface area (Å²) >= 11 is 0. The van der Waals surface area contributed by atoms with Crippen LogP contribution >= 0.6 is 0 Å². The maximum Gasteiger partial charge on any atom is 0.00556 e. The number of rotatable bonds is 2. The molecule has 0 radical (unpaired) electrons. The van der Waals surface area contributed by atoms with Gasteiger partial charge in [0.1, 0.15) is 0 Å². The highest BCUT2D eigenvalue weighted by Gasteiger charge is 1.81. The molecule has 0 aromatic carbocycles. The molecule has 1 nitrogen and oxygen atoms in total. The summed E-state index contributed by atoms with van der Waals surface area (Å²) in [6.07, 6.45) is 3.29. The predicted octanol–water partition coefficient (Wildman–Crippen LogP) is 1.86. The first kappa shape index (κ1) is 7.54. The Bertz CT molecular complexity index is 82.4. The molecule has 0 atom stereocenters. The lowest BCUT2D eigenvalue weighted by atomic mass is 10.2. The van der Waals surface area contributed by atoms with E-state index in [2.05, 4.69) is 24.9 Å². The molecule has 0 rings (SSSR count). The van der Waals surface area contributed by atoms with E-state index < -0.39 is 0 Å². The summed E-state index contributed by atoms with van der Waals surface area (Å²) in [5.41, 5.74) is 1.43. The van der Waals surface area contributed by atoms with Gasteiger partial charge in [0.2, 0.25) is 0 Å². The Balaban J connectivity index is 3.56. The summed E-state index contributed by atoms with van der Waals surface area (Å²) in [4.78, 5) is 2.07. The quantitative estimate of drug-likeness (QED) is 0.528. The largest absolute Gasteiger partial charge is 0.384 e. The van der Waals surface area contributed by atoms with Crippen molar-refractivity contribution in [3.63, 3.8) is 0 Å². The van der Waals surface area contributed by atoms with Gasteiger partial charge >= 0.3 is 0 Å². The molecular weight excluding hydrogens is 98.1 g/mol. The van der Waals surface area contributed by atoms with Crippen LogP contribution < -0.4 is 0 Å². The second-order valence-corrected chi connectivity index (χ2v) is 2.29. The van der Waals surface area contributed by atoms with Crippen molar-refractivity contribution >= 4 is 0 Å². The Kier molecular flexibility index (Phi) is 3.33. The molecule has 0 unspecified atom stereocenters. The molecule has 8 heavy (non-hydrogen) atoms. The lowest BCUT2D eigenvalue weighted by Crippen LogP contribution is -2.01. The van der Waals surface area contributed by atoms with Crippen LogP contribution in [0.4, 0.5) is 0 Å². The highest BCUT2D eigenvalue weighted by Crippen LogP contribution is 1.97. The van der Waals surface area contributed by atoms with Crippen LogP contribution in [0, 0.1) is 0 Å². The van der Waals surface area contributed by atoms with Crippen molar-refractivity contribution in [3.05, 3.63) is 11.8 Å². The molecule has 0 saturated carbocycles. The number of allylic oxidation sites excluding steroid dienone is 1. The van der Waals surface area contributed by atoms with Crippen molar-refractivity contribution in [2.45, 2.75) is 20.3 Å². The van der Waals surface area contributed by atoms with E-state index in [-0.39, 0.29) is 0 Å². The van der Waals surface area contributed by atoms with Gasteiger partial charge in [-0.05, 0) is 19.5 Å². The summed E-state index contributed by atoms with van der Waals surface area (Å²) < 4.78 is 0. The van der Waals surface area contributed by atoms with Gasteiger partial charge in [0.15, 0.2) is 0 Å². The molecule has 0 fully saturated rings. The van der Waals surface area contributed by atoms with Crippen LogP contribution in [0.25, 0.3) is 0 Å². The minimum atomic E-state index is 1.15. The topological polar surface area (TPSA) is 3.24 Å². The van der Waals surface area contributed by atoms with Gasteiger partial charge in [-0.1, -0.05) is 12.5 Å². The second kappa shape index (κ2) is 3.53. The van der Waals surface area contributed by atoms with E-state index in [1.54, 1.807) is 0 Å². The fourth-order valence-corrected chi connectivity index (χ4v) is 0.532. The van der Waals surface area contributed by atoms with Gasteiger partial charge in [0.05, 0.1) is 0 Å². The highest BCUT2D eigenvalue weighted by atomic mass is 15.0. The number of hydrogen-bond donors (Lipinski definition) is 0. The van der Waals surface area contributed by atoms with Gasteiger partial charge in [-0.25, -0.2) is 0 Å². The van der Waals surface area contributed by atoms with E-state index in [0.717, 1.165) is 6.42 Å². The lowest BCUT2D eigenvalue weighted by molar-refractivity contribution is 0.556. The van der Waals surface area contributed by atoms with Gasteiger partial charge < -0.3 is 4.90 Å². The number of nitrogens with zero attached hydrogens (tertiary/aromatic N) is 1. The fourth-order valence-electron chi connectivity index (χ4n) is 0.532. The van der Waals surface area contributed by atoms with Crippen LogP contribution in [0.1, 0.15) is 20.3 Å². The molecule has 0 N–H and O–H groups in total. The smallest absolute Gasteiger partial charge is 0.00556 e. The Morgan fingerprint density at radius 1 is 1.50 bits per heavy atom. The van der Waals surface area contributed by atoms with E-state index in [1.807, 2.05) is 14.1 Å². The standard InChI is InChI=1S/C7H15N/c1-5-7(2)6-8(3)4/h6H,5H2,1-4H3/b7-6+. The average molecular weight is 113 g/mol. The number of hydrogen-bond acceptors (Lipinski definition) is 1. The molecule has 0 amide bonds. The molecule has 0 aliphatic carbocycles. The molecule has 0 saturated heterocycles. The average Bonchev–Trinajstić information content (AvgIpc) is 1.65. The molecule has 0 aromatic heterocycles. The van der Waals surface area contributed by atoms with Crippen molar-refractivity contribution < 1.29 is 0 Å². The van der Waals surface area contributed by atoms with Gasteiger partial charge in [-0.3, -0.25) is 0 Å². The molecule has 48 valence electrons. The van der Waals surface area contributed by atoms with Crippen LogP contribution in [-0.2, 0) is 0 Å². The van der Waals surface area contributed by atoms with Crippen LogP contribution in [0.5, 0.6) is 0 Å². The molecule has 1 heteroatoms. The first-order valence-corrected chi connectivity index (χ1v) is 3.00. The highest BCUT2D eigenvalue weighted by molar-refractivity contribution is 4.94. The van der Waals surface area contributed by atoms with Crippen molar-refractivity contribution in [1.82, 2.24) is 4.90 Å². The molecular formula is C7H15N. The van der Waals surface area contributed by atoms with Crippen molar-refractivity contribution in [2.75, 3.05) is 14.1 Å². The van der Waals surface area contributed by atoms with Gasteiger partial charge in [0, 0.05) is 14.1 Å². The van der Waals surface area contributed by atoms with Gasteiger partial charge in [-0.15, -0.1) is 0 Å². The van der Waals surface area contributed by atoms with Crippen molar-refractivity contribution in [3.8, 4) is 0 Å². The predicted molar refractivity (Wildman–Crippen MR) is 37.7 cm³/mol. The third-order valence-electron chi connectivity index (χ3n) is 1.04. The van der Waals surface area contributed by atoms with Crippen LogP contribution in [0.3, 0.4) is 0 Å². The van der Waals surface area contributed by atoms with Crippen molar-refractivity contribution in [1.29, 1.82) is 0 Å². The minimum absolute atomic E-state index is 1.15. The summed E-state index contributed by atoms with van der Waals surface area (Å²) in [6.45, 7) is 4.30. The van der Waals surface area contributed by atoms with Gasteiger partial charge in [-0.2, -0.15) is 0 Å². The molecule has 0 bridgehead atoms. The van der Waals surface area contributed by atoms with Crippen LogP contribution in [0.2, 0.25) is 0 Å². The van der Waals surface area contributed by atoms with E-state index in [0.29, 0.717) is 0 Å². The minimum Gasteiger partial charge on any atom is -0.384 e. The molecule has 0 aliphatic heterocycles. The summed E-state index contributed by atoms with van der Waals surface area (Å²) in [7, 11) is 4.08. The third kappa shape index (κ3) is 3.72. The fraction of sp³-hybridized carbons (Fsp3) is 0.714. The molecule has 0 aromatic rings. The maximum atomic E-state index is 2.16. The summed E-state index contributed by atoms with van der Waals surface area (Å²) in [5.74, 6) is 0. The zero-order valence-corrected chi connectivity index (χ0v) is 6.23. The van der Waals surface area contributed by atoms with E-state index in [9.17, 15) is 0 Å². The molecule has 0 aliphatic rings. The first-order valence-electron chi connectivity index (χ1n) is 3.00. The van der Waals surface area contributed by atoms with Crippen LogP contribution in [-0.4, -0.2) is 19.0 Å². The van der Waals surface area contributed by atoms with E-state index in [1.165, 1.54) is 5.57 Å². The zero-order chi connectivity index (χ0) is 6.57. The van der Waals surface area contributed by atoms with E-state index >= 15 is 0 Å². The summed E-state index contributed by atoms with van der Waals surface area (Å²) in [5, 5.41) is 0. The Labute approximate surface area is 52.0 Å².